The van der Waals surface area contributed by atoms with Gasteiger partial charge in [0, 0.05) is 22.3 Å². The summed E-state index contributed by atoms with van der Waals surface area (Å²) in [4.78, 5) is 11.6. The van der Waals surface area contributed by atoms with Crippen molar-refractivity contribution >= 4 is 33.1 Å². The third-order valence-corrected chi connectivity index (χ3v) is 5.75. The molecule has 6 heteroatoms. The van der Waals surface area contributed by atoms with Gasteiger partial charge in [-0.3, -0.25) is 4.79 Å². The summed E-state index contributed by atoms with van der Waals surface area (Å²) in [7, 11) is 0. The second-order valence-corrected chi connectivity index (χ2v) is 9.62. The van der Waals surface area contributed by atoms with E-state index in [1.807, 2.05) is 39.0 Å². The van der Waals surface area contributed by atoms with Crippen LogP contribution in [0.25, 0.3) is 0 Å². The Morgan fingerprint density at radius 1 is 1.45 bits per heavy atom. The van der Waals surface area contributed by atoms with Gasteiger partial charge < -0.3 is 9.29 Å². The molecular weight excluding hydrogens is 366 g/mol. The Labute approximate surface area is 143 Å². The molecule has 0 bridgehead atoms. The molecule has 1 N–H and O–H groups in total. The summed E-state index contributed by atoms with van der Waals surface area (Å²) < 4.78 is 21.7. The number of benzene rings is 1. The van der Waals surface area contributed by atoms with E-state index in [9.17, 15) is 9.35 Å². The number of rotatable bonds is 5. The normalized spacial score (nSPS) is 18.6. The number of hydrogen-bond acceptors (Lipinski definition) is 4. The van der Waals surface area contributed by atoms with Crippen molar-refractivity contribution in [2.75, 3.05) is 13.2 Å². The lowest BCUT2D eigenvalue weighted by molar-refractivity contribution is -0.116. The fourth-order valence-electron chi connectivity index (χ4n) is 2.35. The van der Waals surface area contributed by atoms with Crippen molar-refractivity contribution in [3.63, 3.8) is 0 Å². The molecule has 0 amide bonds. The minimum atomic E-state index is -1.21. The lowest BCUT2D eigenvalue weighted by Gasteiger charge is -2.44. The van der Waals surface area contributed by atoms with Crippen molar-refractivity contribution in [1.82, 2.24) is 4.72 Å². The van der Waals surface area contributed by atoms with Gasteiger partial charge in [0.05, 0.1) is 13.2 Å². The van der Waals surface area contributed by atoms with Crippen molar-refractivity contribution in [2.24, 2.45) is 0 Å². The third kappa shape index (κ3) is 3.92. The maximum absolute atomic E-state index is 12.5. The van der Waals surface area contributed by atoms with Crippen LogP contribution in [0.1, 0.15) is 38.8 Å². The Hall–Kier alpha value is -0.400. The van der Waals surface area contributed by atoms with E-state index in [1.165, 1.54) is 0 Å². The molecule has 0 spiro atoms. The Balaban J connectivity index is 2.36. The van der Waals surface area contributed by atoms with Crippen molar-refractivity contribution in [1.29, 1.82) is 0 Å². The molecule has 0 aromatic heterocycles. The Morgan fingerprint density at radius 3 is 2.55 bits per heavy atom. The van der Waals surface area contributed by atoms with Crippen LogP contribution < -0.4 is 4.72 Å². The zero-order valence-corrected chi connectivity index (χ0v) is 15.8. The molecule has 0 aliphatic carbocycles. The number of halogens is 1. The van der Waals surface area contributed by atoms with Crippen LogP contribution in [0.4, 0.5) is 0 Å². The SMILES string of the molecule is CC(=O)Cc1cc(Br)ccc1C1(N[S+]([O-])C(C)(C)C)COC1. The van der Waals surface area contributed by atoms with E-state index in [4.69, 9.17) is 4.74 Å². The van der Waals surface area contributed by atoms with Gasteiger partial charge >= 0.3 is 0 Å². The molecule has 1 aromatic carbocycles. The minimum Gasteiger partial charge on any atom is -0.598 e. The van der Waals surface area contributed by atoms with Gasteiger partial charge in [-0.15, -0.1) is 4.72 Å². The van der Waals surface area contributed by atoms with E-state index in [0.717, 1.165) is 15.6 Å². The monoisotopic (exact) mass is 387 g/mol. The van der Waals surface area contributed by atoms with Crippen LogP contribution in [0.15, 0.2) is 22.7 Å². The second-order valence-electron chi connectivity index (χ2n) is 6.74. The van der Waals surface area contributed by atoms with Gasteiger partial charge in [-0.1, -0.05) is 22.0 Å². The molecule has 1 aromatic rings. The van der Waals surface area contributed by atoms with Crippen LogP contribution in [0.5, 0.6) is 0 Å². The van der Waals surface area contributed by atoms with Gasteiger partial charge in [0.1, 0.15) is 16.1 Å². The number of Topliss-reactive ketones (excluding diaryl/α,β-unsaturated/α-hetero) is 1. The van der Waals surface area contributed by atoms with E-state index < -0.39 is 16.9 Å². The van der Waals surface area contributed by atoms with Crippen LogP contribution in [-0.4, -0.2) is 28.3 Å². The third-order valence-electron chi connectivity index (χ3n) is 3.56. The fraction of sp³-hybridized carbons (Fsp3) is 0.562. The maximum Gasteiger partial charge on any atom is 0.136 e. The molecule has 1 atom stereocenters. The van der Waals surface area contributed by atoms with E-state index in [2.05, 4.69) is 20.7 Å². The molecule has 1 heterocycles. The highest BCUT2D eigenvalue weighted by Crippen LogP contribution is 2.35. The minimum absolute atomic E-state index is 0.103. The zero-order chi connectivity index (χ0) is 16.5. The van der Waals surface area contributed by atoms with Gasteiger partial charge in [-0.05, 0) is 51.0 Å². The molecule has 2 rings (SSSR count). The van der Waals surface area contributed by atoms with Crippen LogP contribution in [0.2, 0.25) is 0 Å². The summed E-state index contributed by atoms with van der Waals surface area (Å²) in [5.41, 5.74) is 1.46. The molecule has 1 aliphatic rings. The average molecular weight is 388 g/mol. The fourth-order valence-corrected chi connectivity index (χ4v) is 3.65. The topological polar surface area (TPSA) is 61.4 Å². The molecule has 1 unspecified atom stereocenters. The van der Waals surface area contributed by atoms with Crippen LogP contribution in [0.3, 0.4) is 0 Å². The molecule has 1 aliphatic heterocycles. The lowest BCUT2D eigenvalue weighted by Crippen LogP contribution is -2.62. The van der Waals surface area contributed by atoms with Crippen molar-refractivity contribution in [3.05, 3.63) is 33.8 Å². The first-order chi connectivity index (χ1) is 10.1. The number of ketones is 1. The Kier molecular flexibility index (Phi) is 5.39. The number of hydrogen-bond donors (Lipinski definition) is 1. The van der Waals surface area contributed by atoms with Crippen molar-refractivity contribution < 1.29 is 14.1 Å². The highest BCUT2D eigenvalue weighted by Gasteiger charge is 2.47. The molecule has 1 fully saturated rings. The predicted octanol–water partition coefficient (Wildman–Crippen LogP) is 2.86. The average Bonchev–Trinajstić information content (AvgIpc) is 2.32. The van der Waals surface area contributed by atoms with Gasteiger partial charge in [-0.2, -0.15) is 0 Å². The zero-order valence-electron chi connectivity index (χ0n) is 13.4. The number of carbonyl (C=O) groups is 1. The van der Waals surface area contributed by atoms with Crippen LogP contribution in [-0.2, 0) is 32.9 Å². The maximum atomic E-state index is 12.5. The predicted molar refractivity (Wildman–Crippen MR) is 92.1 cm³/mol. The molecule has 0 saturated carbocycles. The highest BCUT2D eigenvalue weighted by molar-refractivity contribution is 9.10. The molecule has 1 saturated heterocycles. The standard InChI is InChI=1S/C16H22BrNO3S/c1-11(19)7-12-8-13(17)5-6-14(12)16(9-21-10-16)18-22(20)15(2,3)4/h5-6,8,18H,7,9-10H2,1-4H3. The molecule has 4 nitrogen and oxygen atoms in total. The summed E-state index contributed by atoms with van der Waals surface area (Å²) >= 11 is 2.24. The molecule has 0 radical (unpaired) electrons. The van der Waals surface area contributed by atoms with E-state index >= 15 is 0 Å². The van der Waals surface area contributed by atoms with E-state index in [-0.39, 0.29) is 10.5 Å². The van der Waals surface area contributed by atoms with Gasteiger partial charge in [0.15, 0.2) is 0 Å². The van der Waals surface area contributed by atoms with Gasteiger partial charge in [-0.25, -0.2) is 0 Å². The van der Waals surface area contributed by atoms with Crippen molar-refractivity contribution in [2.45, 2.75) is 44.4 Å². The van der Waals surface area contributed by atoms with Crippen LogP contribution >= 0.6 is 15.9 Å². The highest BCUT2D eigenvalue weighted by atomic mass is 79.9. The number of carbonyl (C=O) groups excluding carboxylic acids is 1. The van der Waals surface area contributed by atoms with Crippen LogP contribution in [0, 0.1) is 0 Å². The molecular formula is C16H22BrNO3S. The summed E-state index contributed by atoms with van der Waals surface area (Å²) in [6.07, 6.45) is 0.361. The summed E-state index contributed by atoms with van der Waals surface area (Å²) in [5, 5.41) is 0. The van der Waals surface area contributed by atoms with E-state index in [0.29, 0.717) is 19.6 Å². The second kappa shape index (κ2) is 6.61. The number of ether oxygens (including phenoxy) is 1. The quantitative estimate of drug-likeness (QED) is 0.788. The lowest BCUT2D eigenvalue weighted by atomic mass is 9.84. The summed E-state index contributed by atoms with van der Waals surface area (Å²) in [5.74, 6) is 0.103. The molecule has 22 heavy (non-hydrogen) atoms. The smallest absolute Gasteiger partial charge is 0.136 e. The first-order valence-corrected chi connectivity index (χ1v) is 9.14. The first-order valence-electron chi connectivity index (χ1n) is 7.20. The summed E-state index contributed by atoms with van der Waals surface area (Å²) in [6, 6.07) is 5.89. The largest absolute Gasteiger partial charge is 0.598 e. The molecule has 122 valence electrons. The Morgan fingerprint density at radius 2 is 2.09 bits per heavy atom. The van der Waals surface area contributed by atoms with Gasteiger partial charge in [0.2, 0.25) is 0 Å². The first kappa shape index (κ1) is 17.9. The van der Waals surface area contributed by atoms with E-state index in [1.54, 1.807) is 6.92 Å². The summed E-state index contributed by atoms with van der Waals surface area (Å²) in [6.45, 7) is 8.29. The van der Waals surface area contributed by atoms with Crippen molar-refractivity contribution in [3.8, 4) is 0 Å². The Bertz CT molecular complexity index is 567. The van der Waals surface area contributed by atoms with Gasteiger partial charge in [0.25, 0.3) is 0 Å². The number of nitrogens with one attached hydrogen (secondary N) is 1.